The van der Waals surface area contributed by atoms with E-state index < -0.39 is 18.5 Å². The summed E-state index contributed by atoms with van der Waals surface area (Å²) in [5, 5.41) is 19.6. The number of carboxylic acids is 2. The molecule has 0 aromatic heterocycles. The van der Waals surface area contributed by atoms with E-state index >= 15 is 0 Å². The van der Waals surface area contributed by atoms with Gasteiger partial charge in [-0.3, -0.25) is 4.79 Å². The maximum Gasteiger partial charge on any atom is 1.00 e. The average molecular weight is 343 g/mol. The molecule has 128 valence electrons. The molecule has 0 amide bonds. The van der Waals surface area contributed by atoms with Crippen molar-refractivity contribution in [3.63, 3.8) is 0 Å². The number of nitrogens with zero attached hydrogens (tertiary/aromatic N) is 1. The molecule has 0 aliphatic carbocycles. The second kappa shape index (κ2) is 13.3. The van der Waals surface area contributed by atoms with Crippen LogP contribution in [0, 0.1) is 0 Å². The Hall–Kier alpha value is -1.04. The Labute approximate surface area is 166 Å². The third-order valence-corrected chi connectivity index (χ3v) is 3.77. The summed E-state index contributed by atoms with van der Waals surface area (Å²) >= 11 is 0. The Morgan fingerprint density at radius 1 is 1.00 bits per heavy atom. The number of carbonyl (C=O) groups excluding carboxylic acids is 1. The predicted octanol–water partition coefficient (Wildman–Crippen LogP) is -0.765. The van der Waals surface area contributed by atoms with E-state index in [1.165, 1.54) is 42.6 Å². The van der Waals surface area contributed by atoms with Crippen LogP contribution < -0.4 is 39.6 Å². The second-order valence-electron chi connectivity index (χ2n) is 5.81. The van der Waals surface area contributed by atoms with Gasteiger partial charge in [-0.05, 0) is 30.5 Å². The summed E-state index contributed by atoms with van der Waals surface area (Å²) in [6, 6.07) is 7.42. The molecule has 0 fully saturated rings. The summed E-state index contributed by atoms with van der Waals surface area (Å²) in [4.78, 5) is 22.8. The molecular formula is C18H26NNaO4. The van der Waals surface area contributed by atoms with Gasteiger partial charge in [0.05, 0.1) is 12.5 Å². The molecule has 0 aliphatic heterocycles. The molecule has 24 heavy (non-hydrogen) atoms. The molecule has 0 radical (unpaired) electrons. The summed E-state index contributed by atoms with van der Waals surface area (Å²) in [6.45, 7) is 1.42. The summed E-state index contributed by atoms with van der Waals surface area (Å²) in [7, 11) is 0. The van der Waals surface area contributed by atoms with Gasteiger partial charge in [0.2, 0.25) is 0 Å². The van der Waals surface area contributed by atoms with Gasteiger partial charge in [0.25, 0.3) is 0 Å². The fourth-order valence-corrected chi connectivity index (χ4v) is 2.54. The SMILES string of the molecule is CCCCCCCCc1ccc(N(CC(=O)[O-])CC(=O)O)cc1.[Na+]. The van der Waals surface area contributed by atoms with Gasteiger partial charge >= 0.3 is 35.5 Å². The smallest absolute Gasteiger partial charge is 0.548 e. The van der Waals surface area contributed by atoms with Crippen LogP contribution in [0.3, 0.4) is 0 Å². The Kier molecular flexibility index (Phi) is 12.7. The molecule has 1 aromatic carbocycles. The van der Waals surface area contributed by atoms with Gasteiger partial charge < -0.3 is 19.9 Å². The van der Waals surface area contributed by atoms with E-state index in [1.54, 1.807) is 12.1 Å². The minimum Gasteiger partial charge on any atom is -0.548 e. The number of carboxylic acid groups (broad SMARTS) is 2. The number of aryl methyl sites for hydroxylation is 1. The largest absolute Gasteiger partial charge is 1.00 e. The zero-order valence-corrected chi connectivity index (χ0v) is 16.8. The first-order chi connectivity index (χ1) is 11.0. The number of carbonyl (C=O) groups is 2. The molecule has 0 saturated heterocycles. The Bertz CT molecular complexity index is 474. The minimum absolute atomic E-state index is 0. The van der Waals surface area contributed by atoms with Gasteiger partial charge in [-0.15, -0.1) is 0 Å². The molecule has 6 heteroatoms. The van der Waals surface area contributed by atoms with Gasteiger partial charge in [-0.1, -0.05) is 51.2 Å². The van der Waals surface area contributed by atoms with Crippen LogP contribution in [0.4, 0.5) is 5.69 Å². The third kappa shape index (κ3) is 9.96. The molecule has 0 unspecified atom stereocenters. The van der Waals surface area contributed by atoms with Crippen LogP contribution >= 0.6 is 0 Å². The van der Waals surface area contributed by atoms with Crippen molar-refractivity contribution in [2.75, 3.05) is 18.0 Å². The van der Waals surface area contributed by atoms with Crippen molar-refractivity contribution >= 4 is 17.6 Å². The summed E-state index contributed by atoms with van der Waals surface area (Å²) in [5.74, 6) is -2.36. The maximum atomic E-state index is 10.8. The molecule has 0 aliphatic rings. The molecule has 0 saturated carbocycles. The van der Waals surface area contributed by atoms with Crippen LogP contribution in [-0.2, 0) is 16.0 Å². The molecule has 0 bridgehead atoms. The predicted molar refractivity (Wildman–Crippen MR) is 88.4 cm³/mol. The van der Waals surface area contributed by atoms with Crippen molar-refractivity contribution in [3.8, 4) is 0 Å². The van der Waals surface area contributed by atoms with E-state index in [1.807, 2.05) is 12.1 Å². The molecular weight excluding hydrogens is 317 g/mol. The number of aliphatic carboxylic acids is 2. The zero-order valence-electron chi connectivity index (χ0n) is 14.8. The number of anilines is 1. The summed E-state index contributed by atoms with van der Waals surface area (Å²) in [6.07, 6.45) is 8.46. The average Bonchev–Trinajstić information content (AvgIpc) is 2.50. The number of hydrogen-bond acceptors (Lipinski definition) is 4. The number of rotatable bonds is 12. The first-order valence-corrected chi connectivity index (χ1v) is 8.28. The van der Waals surface area contributed by atoms with Crippen LogP contribution in [0.5, 0.6) is 0 Å². The van der Waals surface area contributed by atoms with Crippen molar-refractivity contribution in [2.45, 2.75) is 51.9 Å². The summed E-state index contributed by atoms with van der Waals surface area (Å²) < 4.78 is 0. The van der Waals surface area contributed by atoms with Gasteiger partial charge in [0.1, 0.15) is 6.54 Å². The molecule has 1 N–H and O–H groups in total. The van der Waals surface area contributed by atoms with Crippen LogP contribution in [0.2, 0.25) is 0 Å². The second-order valence-corrected chi connectivity index (χ2v) is 5.81. The van der Waals surface area contributed by atoms with Gasteiger partial charge in [0, 0.05) is 5.69 Å². The van der Waals surface area contributed by atoms with Gasteiger partial charge in [-0.2, -0.15) is 0 Å². The monoisotopic (exact) mass is 343 g/mol. The summed E-state index contributed by atoms with van der Waals surface area (Å²) in [5.41, 5.74) is 1.77. The Morgan fingerprint density at radius 3 is 2.12 bits per heavy atom. The molecule has 5 nitrogen and oxygen atoms in total. The normalized spacial score (nSPS) is 10.0. The van der Waals surface area contributed by atoms with E-state index in [0.717, 1.165) is 12.8 Å². The van der Waals surface area contributed by atoms with Gasteiger partial charge in [0.15, 0.2) is 0 Å². The van der Waals surface area contributed by atoms with Crippen molar-refractivity contribution in [1.29, 1.82) is 0 Å². The zero-order chi connectivity index (χ0) is 17.1. The Morgan fingerprint density at radius 2 is 1.58 bits per heavy atom. The van der Waals surface area contributed by atoms with E-state index in [4.69, 9.17) is 5.11 Å². The molecule has 0 heterocycles. The standard InChI is InChI=1S/C18H27NO4.Na/c1-2-3-4-5-6-7-8-15-9-11-16(12-10-15)19(13-17(20)21)14-18(22)23;/h9-12H,2-8,13-14H2,1H3,(H,20,21)(H,22,23);/q;+1/p-1. The van der Waals surface area contributed by atoms with Crippen LogP contribution in [0.15, 0.2) is 24.3 Å². The molecule has 1 rings (SSSR count). The number of benzene rings is 1. The molecule has 0 atom stereocenters. The van der Waals surface area contributed by atoms with Crippen molar-refractivity contribution in [1.82, 2.24) is 0 Å². The topological polar surface area (TPSA) is 80.7 Å². The van der Waals surface area contributed by atoms with E-state index in [-0.39, 0.29) is 36.1 Å². The first-order valence-electron chi connectivity index (χ1n) is 8.28. The van der Waals surface area contributed by atoms with Crippen LogP contribution in [0.25, 0.3) is 0 Å². The third-order valence-electron chi connectivity index (χ3n) is 3.77. The van der Waals surface area contributed by atoms with Crippen LogP contribution in [0.1, 0.15) is 51.0 Å². The van der Waals surface area contributed by atoms with E-state index in [0.29, 0.717) is 5.69 Å². The number of unbranched alkanes of at least 4 members (excludes halogenated alkanes) is 5. The van der Waals surface area contributed by atoms with E-state index in [2.05, 4.69) is 6.92 Å². The van der Waals surface area contributed by atoms with Crippen molar-refractivity contribution in [2.24, 2.45) is 0 Å². The maximum absolute atomic E-state index is 10.8. The Balaban J connectivity index is 0.00000529. The van der Waals surface area contributed by atoms with E-state index in [9.17, 15) is 14.7 Å². The first kappa shape index (κ1) is 23.0. The molecule has 1 aromatic rings. The fraction of sp³-hybridized carbons (Fsp3) is 0.556. The molecule has 0 spiro atoms. The quantitative estimate of drug-likeness (QED) is 0.398. The van der Waals surface area contributed by atoms with Crippen molar-refractivity contribution in [3.05, 3.63) is 29.8 Å². The minimum atomic E-state index is -1.29. The van der Waals surface area contributed by atoms with Crippen LogP contribution in [-0.4, -0.2) is 30.1 Å². The van der Waals surface area contributed by atoms with Crippen molar-refractivity contribution < 1.29 is 49.4 Å². The van der Waals surface area contributed by atoms with Gasteiger partial charge in [-0.25, -0.2) is 0 Å². The number of hydrogen-bond donors (Lipinski definition) is 1. The fourth-order valence-electron chi connectivity index (χ4n) is 2.54.